The zero-order valence-corrected chi connectivity index (χ0v) is 9.13. The van der Waals surface area contributed by atoms with E-state index in [1.165, 1.54) is 0 Å². The molecule has 2 aliphatic heterocycles. The van der Waals surface area contributed by atoms with Crippen LogP contribution in [0.1, 0.15) is 13.3 Å². The lowest BCUT2D eigenvalue weighted by Gasteiger charge is -2.15. The Labute approximate surface area is 93.3 Å². The van der Waals surface area contributed by atoms with Crippen LogP contribution < -0.4 is 0 Å². The quantitative estimate of drug-likeness (QED) is 0.407. The summed E-state index contributed by atoms with van der Waals surface area (Å²) >= 11 is 0. The molecule has 2 saturated heterocycles. The molecule has 0 aliphatic carbocycles. The SMILES string of the molecule is C=C(C)CC1COC2C(O[N+](=O)[O-])COC12. The van der Waals surface area contributed by atoms with Gasteiger partial charge in [0.15, 0.2) is 6.10 Å². The molecule has 6 nitrogen and oxygen atoms in total. The van der Waals surface area contributed by atoms with Gasteiger partial charge in [-0.3, -0.25) is 0 Å². The molecule has 4 unspecified atom stereocenters. The Kier molecular flexibility index (Phi) is 3.11. The molecule has 2 heterocycles. The molecule has 0 N–H and O–H groups in total. The molecule has 0 aromatic carbocycles. The molecule has 2 aliphatic rings. The van der Waals surface area contributed by atoms with Crippen molar-refractivity contribution in [3.05, 3.63) is 22.3 Å². The molecule has 16 heavy (non-hydrogen) atoms. The average Bonchev–Trinajstić information content (AvgIpc) is 2.70. The molecular weight excluding hydrogens is 214 g/mol. The van der Waals surface area contributed by atoms with E-state index in [0.717, 1.165) is 12.0 Å². The molecule has 2 fully saturated rings. The van der Waals surface area contributed by atoms with Crippen LogP contribution in [0.15, 0.2) is 12.2 Å². The Hall–Kier alpha value is -1.14. The molecule has 2 rings (SSSR count). The van der Waals surface area contributed by atoms with Crippen molar-refractivity contribution in [2.45, 2.75) is 31.7 Å². The largest absolute Gasteiger partial charge is 0.373 e. The van der Waals surface area contributed by atoms with E-state index >= 15 is 0 Å². The molecule has 0 saturated carbocycles. The van der Waals surface area contributed by atoms with E-state index in [1.54, 1.807) is 0 Å². The fraction of sp³-hybridized carbons (Fsp3) is 0.800. The van der Waals surface area contributed by atoms with Crippen molar-refractivity contribution < 1.29 is 19.4 Å². The molecule has 0 bridgehead atoms. The monoisotopic (exact) mass is 229 g/mol. The van der Waals surface area contributed by atoms with Crippen LogP contribution in [0.25, 0.3) is 0 Å². The fourth-order valence-electron chi connectivity index (χ4n) is 2.37. The lowest BCUT2D eigenvalue weighted by Crippen LogP contribution is -2.32. The highest BCUT2D eigenvalue weighted by Crippen LogP contribution is 2.35. The predicted octanol–water partition coefficient (Wildman–Crippen LogP) is 0.943. The van der Waals surface area contributed by atoms with Crippen LogP contribution in [0.3, 0.4) is 0 Å². The average molecular weight is 229 g/mol. The highest BCUT2D eigenvalue weighted by atomic mass is 17.0. The highest BCUT2D eigenvalue weighted by molar-refractivity contribution is 5.00. The Balaban J connectivity index is 1.95. The van der Waals surface area contributed by atoms with E-state index in [1.807, 2.05) is 6.92 Å². The van der Waals surface area contributed by atoms with Gasteiger partial charge in [0.1, 0.15) is 6.10 Å². The minimum atomic E-state index is -0.786. The summed E-state index contributed by atoms with van der Waals surface area (Å²) in [6.45, 7) is 6.58. The first kappa shape index (κ1) is 11.3. The van der Waals surface area contributed by atoms with Gasteiger partial charge in [-0.05, 0) is 13.3 Å². The van der Waals surface area contributed by atoms with Crippen molar-refractivity contribution in [2.24, 2.45) is 5.92 Å². The Morgan fingerprint density at radius 2 is 2.19 bits per heavy atom. The van der Waals surface area contributed by atoms with Crippen molar-refractivity contribution in [2.75, 3.05) is 13.2 Å². The third kappa shape index (κ3) is 2.17. The molecule has 90 valence electrons. The molecule has 0 radical (unpaired) electrons. The van der Waals surface area contributed by atoms with Gasteiger partial charge in [-0.25, -0.2) is 0 Å². The summed E-state index contributed by atoms with van der Waals surface area (Å²) in [5.41, 5.74) is 1.07. The van der Waals surface area contributed by atoms with Gasteiger partial charge in [0, 0.05) is 5.92 Å². The number of hydrogen-bond acceptors (Lipinski definition) is 5. The summed E-state index contributed by atoms with van der Waals surface area (Å²) in [4.78, 5) is 14.8. The summed E-state index contributed by atoms with van der Waals surface area (Å²) < 4.78 is 11.0. The van der Waals surface area contributed by atoms with E-state index in [9.17, 15) is 10.1 Å². The first-order valence-electron chi connectivity index (χ1n) is 5.26. The van der Waals surface area contributed by atoms with Crippen molar-refractivity contribution in [1.29, 1.82) is 0 Å². The van der Waals surface area contributed by atoms with Gasteiger partial charge in [0.05, 0.1) is 19.3 Å². The first-order valence-corrected chi connectivity index (χ1v) is 5.26. The van der Waals surface area contributed by atoms with E-state index in [4.69, 9.17) is 9.47 Å². The number of rotatable bonds is 4. The lowest BCUT2D eigenvalue weighted by molar-refractivity contribution is -0.769. The molecule has 0 aromatic heterocycles. The van der Waals surface area contributed by atoms with E-state index in [2.05, 4.69) is 11.4 Å². The summed E-state index contributed by atoms with van der Waals surface area (Å²) in [6, 6.07) is 0. The van der Waals surface area contributed by atoms with E-state index in [-0.39, 0.29) is 24.7 Å². The number of ether oxygens (including phenoxy) is 2. The summed E-state index contributed by atoms with van der Waals surface area (Å²) in [6.07, 6.45) is -0.168. The maximum atomic E-state index is 10.3. The zero-order chi connectivity index (χ0) is 11.7. The fourth-order valence-corrected chi connectivity index (χ4v) is 2.37. The van der Waals surface area contributed by atoms with E-state index in [0.29, 0.717) is 6.61 Å². The van der Waals surface area contributed by atoms with Crippen molar-refractivity contribution >= 4 is 0 Å². The highest BCUT2D eigenvalue weighted by Gasteiger charge is 2.48. The standard InChI is InChI=1S/C10H15NO5/c1-6(2)3-7-4-14-10-8(16-11(12)13)5-15-9(7)10/h7-10H,1,3-5H2,2H3. The van der Waals surface area contributed by atoms with Gasteiger partial charge in [0.25, 0.3) is 5.09 Å². The smallest absolute Gasteiger partial charge is 0.294 e. The number of hydrogen-bond donors (Lipinski definition) is 0. The predicted molar refractivity (Wildman–Crippen MR) is 54.3 cm³/mol. The summed E-state index contributed by atoms with van der Waals surface area (Å²) in [5, 5.41) is 9.48. The molecule has 0 spiro atoms. The van der Waals surface area contributed by atoms with Crippen LogP contribution in [0.2, 0.25) is 0 Å². The first-order chi connectivity index (χ1) is 7.58. The van der Waals surface area contributed by atoms with Crippen LogP contribution in [-0.4, -0.2) is 36.6 Å². The number of nitrogens with zero attached hydrogens (tertiary/aromatic N) is 1. The Morgan fingerprint density at radius 3 is 2.81 bits per heavy atom. The zero-order valence-electron chi connectivity index (χ0n) is 9.13. The van der Waals surface area contributed by atoms with Crippen LogP contribution >= 0.6 is 0 Å². The normalized spacial score (nSPS) is 37.1. The summed E-state index contributed by atoms with van der Waals surface area (Å²) in [7, 11) is 0. The van der Waals surface area contributed by atoms with Gasteiger partial charge < -0.3 is 14.3 Å². The minimum Gasteiger partial charge on any atom is -0.373 e. The minimum absolute atomic E-state index is 0.0957. The number of allylic oxidation sites excluding steroid dienone is 1. The Bertz CT molecular complexity index is 276. The topological polar surface area (TPSA) is 70.8 Å². The second kappa shape index (κ2) is 4.39. The van der Waals surface area contributed by atoms with Crippen LogP contribution in [0, 0.1) is 16.0 Å². The van der Waals surface area contributed by atoms with Gasteiger partial charge >= 0.3 is 0 Å². The van der Waals surface area contributed by atoms with Crippen LogP contribution in [0.5, 0.6) is 0 Å². The molecule has 6 heteroatoms. The number of fused-ring (bicyclic) bond motifs is 1. The summed E-state index contributed by atoms with van der Waals surface area (Å²) in [5.74, 6) is 0.239. The van der Waals surface area contributed by atoms with Crippen molar-refractivity contribution in [3.8, 4) is 0 Å². The van der Waals surface area contributed by atoms with Crippen molar-refractivity contribution in [1.82, 2.24) is 0 Å². The third-order valence-corrected chi connectivity index (χ3v) is 2.94. The maximum Gasteiger partial charge on any atom is 0.294 e. The molecule has 0 amide bonds. The van der Waals surface area contributed by atoms with Crippen molar-refractivity contribution in [3.63, 3.8) is 0 Å². The van der Waals surface area contributed by atoms with E-state index < -0.39 is 11.2 Å². The second-order valence-corrected chi connectivity index (χ2v) is 4.38. The van der Waals surface area contributed by atoms with Gasteiger partial charge in [-0.1, -0.05) is 5.57 Å². The Morgan fingerprint density at radius 1 is 1.50 bits per heavy atom. The van der Waals surface area contributed by atoms with Gasteiger partial charge in [-0.15, -0.1) is 16.7 Å². The van der Waals surface area contributed by atoms with Gasteiger partial charge in [0.2, 0.25) is 0 Å². The lowest BCUT2D eigenvalue weighted by atomic mass is 9.95. The third-order valence-electron chi connectivity index (χ3n) is 2.94. The molecule has 4 atom stereocenters. The van der Waals surface area contributed by atoms with Crippen LogP contribution in [0.4, 0.5) is 0 Å². The second-order valence-electron chi connectivity index (χ2n) is 4.38. The van der Waals surface area contributed by atoms with Crippen LogP contribution in [-0.2, 0) is 14.3 Å². The van der Waals surface area contributed by atoms with Gasteiger partial charge in [-0.2, -0.15) is 0 Å². The molecule has 0 aromatic rings. The maximum absolute atomic E-state index is 10.3. The molecular formula is C10H15NO5.